The van der Waals surface area contributed by atoms with E-state index in [4.69, 9.17) is 15.6 Å². The summed E-state index contributed by atoms with van der Waals surface area (Å²) in [5, 5.41) is 8.74. The van der Waals surface area contributed by atoms with Crippen molar-refractivity contribution >= 4 is 24.3 Å². The number of benzene rings is 2. The second kappa shape index (κ2) is 8.14. The van der Waals surface area contributed by atoms with Gasteiger partial charge in [-0.2, -0.15) is 0 Å². The molecule has 0 heterocycles. The number of carbonyl (C=O) groups is 2. The van der Waals surface area contributed by atoms with Crippen LogP contribution in [0.2, 0.25) is 0 Å². The van der Waals surface area contributed by atoms with Crippen molar-refractivity contribution in [1.82, 2.24) is 0 Å². The van der Waals surface area contributed by atoms with Crippen molar-refractivity contribution in [3.63, 3.8) is 0 Å². The van der Waals surface area contributed by atoms with E-state index in [0.717, 1.165) is 11.1 Å². The van der Waals surface area contributed by atoms with E-state index in [1.165, 1.54) is 11.1 Å². The Morgan fingerprint density at radius 2 is 1.56 bits per heavy atom. The van der Waals surface area contributed by atoms with Crippen molar-refractivity contribution in [3.8, 4) is 11.1 Å². The molecule has 0 saturated heterocycles. The van der Waals surface area contributed by atoms with E-state index >= 15 is 0 Å². The molecule has 2 aromatic carbocycles. The highest BCUT2D eigenvalue weighted by molar-refractivity contribution is 5.85. The van der Waals surface area contributed by atoms with Gasteiger partial charge in [-0.15, -0.1) is 12.4 Å². The Morgan fingerprint density at radius 1 is 1.04 bits per heavy atom. The van der Waals surface area contributed by atoms with Crippen LogP contribution in [0.15, 0.2) is 48.5 Å². The summed E-state index contributed by atoms with van der Waals surface area (Å²) in [6.07, 6.45) is 0.0789. The van der Waals surface area contributed by atoms with Crippen LogP contribution in [0.1, 0.15) is 29.9 Å². The molecule has 0 amide bonds. The van der Waals surface area contributed by atoms with Gasteiger partial charge >= 0.3 is 11.9 Å². The number of rotatable bonds is 6. The first kappa shape index (κ1) is 19.0. The van der Waals surface area contributed by atoms with Crippen LogP contribution in [0.5, 0.6) is 0 Å². The summed E-state index contributed by atoms with van der Waals surface area (Å²) in [6.45, 7) is 0.245. The quantitative estimate of drug-likeness (QED) is 0.772. The second-order valence-corrected chi connectivity index (χ2v) is 5.89. The maximum absolute atomic E-state index is 11.9. The van der Waals surface area contributed by atoms with E-state index in [2.05, 4.69) is 12.1 Å². The lowest BCUT2D eigenvalue weighted by molar-refractivity contribution is -0.144. The summed E-state index contributed by atoms with van der Waals surface area (Å²) in [5.74, 6) is -1.52. The molecule has 0 aromatic heterocycles. The number of fused-ring (bicyclic) bond motifs is 3. The van der Waals surface area contributed by atoms with Gasteiger partial charge in [-0.25, -0.2) is 0 Å². The van der Waals surface area contributed by atoms with Crippen molar-refractivity contribution in [2.75, 3.05) is 6.61 Å². The molecule has 3 rings (SSSR count). The van der Waals surface area contributed by atoms with E-state index < -0.39 is 18.0 Å². The standard InChI is InChI=1S/C19H19NO4.ClH/c20-17(19(22)23)9-10-18(21)24-11-16-14-7-3-1-5-12(14)13-6-2-4-8-15(13)16;/h1-8,16-17H,9-11,20H2,(H,22,23);1H/t17-;/m0./s1. The van der Waals surface area contributed by atoms with Crippen molar-refractivity contribution in [2.24, 2.45) is 5.73 Å². The molecule has 25 heavy (non-hydrogen) atoms. The highest BCUT2D eigenvalue weighted by atomic mass is 35.5. The predicted molar refractivity (Wildman–Crippen MR) is 96.8 cm³/mol. The van der Waals surface area contributed by atoms with Gasteiger partial charge in [-0.3, -0.25) is 9.59 Å². The summed E-state index contributed by atoms with van der Waals surface area (Å²) in [6, 6.07) is 15.2. The highest BCUT2D eigenvalue weighted by Gasteiger charge is 2.29. The third kappa shape index (κ3) is 4.00. The lowest BCUT2D eigenvalue weighted by Crippen LogP contribution is -2.30. The van der Waals surface area contributed by atoms with Gasteiger partial charge in [0.15, 0.2) is 0 Å². The molecular weight excluding hydrogens is 342 g/mol. The molecule has 0 spiro atoms. The number of hydrogen-bond acceptors (Lipinski definition) is 4. The van der Waals surface area contributed by atoms with Gasteiger partial charge in [0.05, 0.1) is 0 Å². The van der Waals surface area contributed by atoms with Gasteiger partial charge in [-0.1, -0.05) is 48.5 Å². The third-order valence-corrected chi connectivity index (χ3v) is 4.35. The fourth-order valence-corrected chi connectivity index (χ4v) is 3.08. The van der Waals surface area contributed by atoms with Crippen LogP contribution in [0.25, 0.3) is 11.1 Å². The van der Waals surface area contributed by atoms with Crippen molar-refractivity contribution in [2.45, 2.75) is 24.8 Å². The first-order valence-corrected chi connectivity index (χ1v) is 7.90. The lowest BCUT2D eigenvalue weighted by Gasteiger charge is -2.14. The Hall–Kier alpha value is -2.37. The fraction of sp³-hybridized carbons (Fsp3) is 0.263. The van der Waals surface area contributed by atoms with Crippen LogP contribution in [0.3, 0.4) is 0 Å². The van der Waals surface area contributed by atoms with E-state index in [1.54, 1.807) is 0 Å². The number of carboxylic acid groups (broad SMARTS) is 1. The zero-order valence-corrected chi connectivity index (χ0v) is 14.4. The van der Waals surface area contributed by atoms with Crippen molar-refractivity contribution in [1.29, 1.82) is 0 Å². The van der Waals surface area contributed by atoms with Crippen LogP contribution in [0.4, 0.5) is 0 Å². The second-order valence-electron chi connectivity index (χ2n) is 5.89. The number of nitrogens with two attached hydrogens (primary N) is 1. The van der Waals surface area contributed by atoms with Gasteiger partial charge < -0.3 is 15.6 Å². The molecular formula is C19H20ClNO4. The molecule has 0 bridgehead atoms. The predicted octanol–water partition coefficient (Wildman–Crippen LogP) is 2.96. The zero-order valence-electron chi connectivity index (χ0n) is 13.6. The third-order valence-electron chi connectivity index (χ3n) is 4.35. The Balaban J connectivity index is 0.00000225. The van der Waals surface area contributed by atoms with Gasteiger partial charge in [0, 0.05) is 12.3 Å². The molecule has 0 saturated carbocycles. The molecule has 132 valence electrons. The number of carbonyl (C=O) groups excluding carboxylic acids is 1. The summed E-state index contributed by atoms with van der Waals surface area (Å²) in [7, 11) is 0. The molecule has 0 aliphatic heterocycles. The van der Waals surface area contributed by atoms with E-state index in [9.17, 15) is 9.59 Å². The average molecular weight is 362 g/mol. The van der Waals surface area contributed by atoms with Crippen molar-refractivity contribution < 1.29 is 19.4 Å². The molecule has 1 atom stereocenters. The normalized spacial score (nSPS) is 13.3. The Morgan fingerprint density at radius 3 is 2.08 bits per heavy atom. The summed E-state index contributed by atoms with van der Waals surface area (Å²) in [4.78, 5) is 22.6. The van der Waals surface area contributed by atoms with Crippen molar-refractivity contribution in [3.05, 3.63) is 59.7 Å². The van der Waals surface area contributed by atoms with E-state index in [1.807, 2.05) is 36.4 Å². The Kier molecular flexibility index (Phi) is 6.17. The number of halogens is 1. The SMILES string of the molecule is Cl.N[C@@H](CCC(=O)OCC1c2ccccc2-c2ccccc21)C(=O)O. The van der Waals surface area contributed by atoms with Crippen LogP contribution in [0, 0.1) is 0 Å². The minimum absolute atomic E-state index is 0. The molecule has 6 heteroatoms. The van der Waals surface area contributed by atoms with Gasteiger partial charge in [-0.05, 0) is 28.7 Å². The molecule has 5 nitrogen and oxygen atoms in total. The first-order valence-electron chi connectivity index (χ1n) is 7.90. The van der Waals surface area contributed by atoms with E-state index in [0.29, 0.717) is 0 Å². The summed E-state index contributed by atoms with van der Waals surface area (Å²) < 4.78 is 5.38. The molecule has 1 aliphatic carbocycles. The molecule has 1 aliphatic rings. The van der Waals surface area contributed by atoms with Crippen LogP contribution >= 0.6 is 12.4 Å². The molecule has 0 radical (unpaired) electrons. The van der Waals surface area contributed by atoms with E-state index in [-0.39, 0.29) is 37.8 Å². The number of aliphatic carboxylic acids is 1. The average Bonchev–Trinajstić information content (AvgIpc) is 2.92. The number of hydrogen-bond donors (Lipinski definition) is 2. The van der Waals surface area contributed by atoms with Crippen LogP contribution in [-0.2, 0) is 14.3 Å². The minimum Gasteiger partial charge on any atom is -0.480 e. The van der Waals surface area contributed by atoms with Gasteiger partial charge in [0.25, 0.3) is 0 Å². The Bertz CT molecular complexity index is 732. The van der Waals surface area contributed by atoms with Crippen LogP contribution in [-0.4, -0.2) is 29.7 Å². The number of ether oxygens (including phenoxy) is 1. The largest absolute Gasteiger partial charge is 0.480 e. The summed E-state index contributed by atoms with van der Waals surface area (Å²) in [5.41, 5.74) is 10.0. The number of carboxylic acids is 1. The lowest BCUT2D eigenvalue weighted by atomic mass is 9.98. The van der Waals surface area contributed by atoms with Gasteiger partial charge in [0.1, 0.15) is 12.6 Å². The monoisotopic (exact) mass is 361 g/mol. The fourth-order valence-electron chi connectivity index (χ4n) is 3.08. The van der Waals surface area contributed by atoms with Gasteiger partial charge in [0.2, 0.25) is 0 Å². The molecule has 0 unspecified atom stereocenters. The molecule has 0 fully saturated rings. The minimum atomic E-state index is -1.11. The molecule has 2 aromatic rings. The number of esters is 1. The smallest absolute Gasteiger partial charge is 0.320 e. The molecule has 3 N–H and O–H groups in total. The summed E-state index contributed by atoms with van der Waals surface area (Å²) >= 11 is 0. The zero-order chi connectivity index (χ0) is 17.1. The maximum Gasteiger partial charge on any atom is 0.320 e. The Labute approximate surface area is 152 Å². The maximum atomic E-state index is 11.9. The topological polar surface area (TPSA) is 89.6 Å². The first-order chi connectivity index (χ1) is 11.6. The van der Waals surface area contributed by atoms with Crippen LogP contribution < -0.4 is 5.73 Å². The highest BCUT2D eigenvalue weighted by Crippen LogP contribution is 2.44.